The number of carbonyl (C=O) groups is 2. The smallest absolute Gasteiger partial charge is 0.341 e. The molecule has 0 aliphatic heterocycles. The summed E-state index contributed by atoms with van der Waals surface area (Å²) in [6.45, 7) is 5.74. The molecule has 0 atom stereocenters. The Morgan fingerprint density at radius 2 is 2.14 bits per heavy atom. The van der Waals surface area contributed by atoms with Gasteiger partial charge in [0.2, 0.25) is 0 Å². The lowest BCUT2D eigenvalue weighted by Crippen LogP contribution is -2.15. The van der Waals surface area contributed by atoms with E-state index in [1.807, 2.05) is 13.8 Å². The zero-order chi connectivity index (χ0) is 16.3. The van der Waals surface area contributed by atoms with Crippen molar-refractivity contribution in [2.24, 2.45) is 0 Å². The van der Waals surface area contributed by atoms with Gasteiger partial charge in [0.1, 0.15) is 10.2 Å². The van der Waals surface area contributed by atoms with Crippen LogP contribution in [0.3, 0.4) is 0 Å². The first-order valence-electron chi connectivity index (χ1n) is 6.64. The second-order valence-corrected chi connectivity index (χ2v) is 6.14. The average Bonchev–Trinajstić information content (AvgIpc) is 2.74. The van der Waals surface area contributed by atoms with E-state index in [9.17, 15) is 9.59 Å². The van der Waals surface area contributed by atoms with Crippen molar-refractivity contribution in [2.75, 3.05) is 11.9 Å². The Morgan fingerprint density at radius 1 is 1.41 bits per heavy atom. The number of carbonyl (C=O) groups excluding carboxylic acids is 2. The van der Waals surface area contributed by atoms with Gasteiger partial charge in [-0.1, -0.05) is 11.6 Å². The van der Waals surface area contributed by atoms with Gasteiger partial charge in [0.05, 0.1) is 12.2 Å². The molecule has 22 heavy (non-hydrogen) atoms. The molecule has 0 bridgehead atoms. The van der Waals surface area contributed by atoms with E-state index in [1.165, 1.54) is 23.6 Å². The maximum absolute atomic E-state index is 12.3. The minimum absolute atomic E-state index is 0.233. The van der Waals surface area contributed by atoms with Crippen molar-refractivity contribution in [2.45, 2.75) is 20.8 Å². The average molecular weight is 339 g/mol. The lowest BCUT2D eigenvalue weighted by Gasteiger charge is -2.07. The van der Waals surface area contributed by atoms with Crippen LogP contribution in [0.1, 0.15) is 38.1 Å². The third-order valence-electron chi connectivity index (χ3n) is 3.08. The quantitative estimate of drug-likeness (QED) is 0.679. The van der Waals surface area contributed by atoms with Crippen molar-refractivity contribution in [1.82, 2.24) is 4.98 Å². The number of amides is 1. The molecule has 2 aromatic heterocycles. The molecule has 0 saturated carbocycles. The first-order chi connectivity index (χ1) is 10.4. The highest BCUT2D eigenvalue weighted by Crippen LogP contribution is 2.33. The molecule has 5 nitrogen and oxygen atoms in total. The molecule has 1 amide bonds. The Hall–Kier alpha value is -1.92. The molecular formula is C15H15ClN2O3S. The third kappa shape index (κ3) is 3.45. The Balaban J connectivity index is 2.31. The van der Waals surface area contributed by atoms with Crippen LogP contribution in [0.4, 0.5) is 5.00 Å². The number of rotatable bonds is 4. The minimum Gasteiger partial charge on any atom is -0.462 e. The zero-order valence-corrected chi connectivity index (χ0v) is 14.0. The van der Waals surface area contributed by atoms with E-state index in [-0.39, 0.29) is 17.7 Å². The summed E-state index contributed by atoms with van der Waals surface area (Å²) in [5.74, 6) is -0.788. The van der Waals surface area contributed by atoms with Crippen molar-refractivity contribution < 1.29 is 14.3 Å². The number of thiophene rings is 1. The number of nitrogens with zero attached hydrogens (tertiary/aromatic N) is 1. The fraction of sp³-hybridized carbons (Fsp3) is 0.267. The van der Waals surface area contributed by atoms with Crippen LogP contribution in [0.15, 0.2) is 18.3 Å². The number of pyridine rings is 1. The molecule has 2 rings (SSSR count). The lowest BCUT2D eigenvalue weighted by molar-refractivity contribution is 0.0527. The molecule has 2 aromatic rings. The highest BCUT2D eigenvalue weighted by atomic mass is 35.5. The molecule has 0 radical (unpaired) electrons. The summed E-state index contributed by atoms with van der Waals surface area (Å²) in [5, 5.41) is 3.46. The van der Waals surface area contributed by atoms with Crippen LogP contribution in [-0.4, -0.2) is 23.5 Å². The molecule has 0 fully saturated rings. The van der Waals surface area contributed by atoms with Crippen molar-refractivity contribution in [3.05, 3.63) is 45.1 Å². The molecule has 7 heteroatoms. The number of anilines is 1. The van der Waals surface area contributed by atoms with Gasteiger partial charge in [0, 0.05) is 16.6 Å². The van der Waals surface area contributed by atoms with Crippen LogP contribution < -0.4 is 5.32 Å². The minimum atomic E-state index is -0.438. The number of aromatic nitrogens is 1. The van der Waals surface area contributed by atoms with E-state index >= 15 is 0 Å². The molecule has 0 spiro atoms. The van der Waals surface area contributed by atoms with Crippen molar-refractivity contribution in [3.8, 4) is 0 Å². The van der Waals surface area contributed by atoms with Gasteiger partial charge in [-0.2, -0.15) is 0 Å². The molecule has 0 aromatic carbocycles. The highest BCUT2D eigenvalue weighted by Gasteiger charge is 2.22. The summed E-state index contributed by atoms with van der Waals surface area (Å²) in [6.07, 6.45) is 1.45. The van der Waals surface area contributed by atoms with Crippen molar-refractivity contribution >= 4 is 39.8 Å². The number of hydrogen-bond donors (Lipinski definition) is 1. The first kappa shape index (κ1) is 16.5. The third-order valence-corrected chi connectivity index (χ3v) is 4.41. The largest absolute Gasteiger partial charge is 0.462 e. The molecule has 116 valence electrons. The van der Waals surface area contributed by atoms with Crippen LogP contribution in [0.2, 0.25) is 5.15 Å². The van der Waals surface area contributed by atoms with E-state index in [4.69, 9.17) is 16.3 Å². The molecule has 0 saturated heterocycles. The van der Waals surface area contributed by atoms with Gasteiger partial charge in [-0.05, 0) is 38.5 Å². The number of ether oxygens (including phenoxy) is 1. The van der Waals surface area contributed by atoms with E-state index in [1.54, 1.807) is 13.0 Å². The van der Waals surface area contributed by atoms with Gasteiger partial charge in [-0.3, -0.25) is 4.79 Å². The van der Waals surface area contributed by atoms with Crippen LogP contribution in [-0.2, 0) is 4.74 Å². The highest BCUT2D eigenvalue weighted by molar-refractivity contribution is 7.16. The first-order valence-corrected chi connectivity index (χ1v) is 7.83. The Kier molecular flexibility index (Phi) is 5.15. The van der Waals surface area contributed by atoms with Gasteiger partial charge in [-0.15, -0.1) is 11.3 Å². The summed E-state index contributed by atoms with van der Waals surface area (Å²) in [5.41, 5.74) is 1.59. The summed E-state index contributed by atoms with van der Waals surface area (Å²) < 4.78 is 5.05. The second-order valence-electron chi connectivity index (χ2n) is 4.53. The molecule has 2 heterocycles. The Labute approximate surface area is 137 Å². The molecule has 0 unspecified atom stereocenters. The van der Waals surface area contributed by atoms with E-state index in [2.05, 4.69) is 10.3 Å². The number of aryl methyl sites for hydroxylation is 1. The standard InChI is InChI=1S/C15H15ClN2O3S/c1-4-21-15(20)12-8(2)9(3)22-14(12)18-13(19)10-5-6-17-11(16)7-10/h5-7H,4H2,1-3H3,(H,18,19). The Bertz CT molecular complexity index is 728. The maximum Gasteiger partial charge on any atom is 0.341 e. The van der Waals surface area contributed by atoms with E-state index in [0.29, 0.717) is 16.1 Å². The van der Waals surface area contributed by atoms with Gasteiger partial charge in [-0.25, -0.2) is 9.78 Å². The zero-order valence-electron chi connectivity index (χ0n) is 12.4. The summed E-state index contributed by atoms with van der Waals surface area (Å²) in [4.78, 5) is 29.1. The van der Waals surface area contributed by atoms with Crippen LogP contribution in [0, 0.1) is 13.8 Å². The fourth-order valence-corrected chi connectivity index (χ4v) is 3.10. The topological polar surface area (TPSA) is 68.3 Å². The monoisotopic (exact) mass is 338 g/mol. The van der Waals surface area contributed by atoms with Gasteiger partial charge in [0.15, 0.2) is 0 Å². The van der Waals surface area contributed by atoms with Gasteiger partial charge >= 0.3 is 5.97 Å². The molecule has 0 aliphatic rings. The second kappa shape index (κ2) is 6.89. The van der Waals surface area contributed by atoms with Gasteiger partial charge in [0.25, 0.3) is 5.91 Å². The predicted molar refractivity (Wildman–Crippen MR) is 86.9 cm³/mol. The maximum atomic E-state index is 12.3. The normalized spacial score (nSPS) is 10.4. The summed E-state index contributed by atoms with van der Waals surface area (Å²) in [7, 11) is 0. The molecule has 0 aliphatic carbocycles. The van der Waals surface area contributed by atoms with E-state index in [0.717, 1.165) is 10.4 Å². The van der Waals surface area contributed by atoms with E-state index < -0.39 is 5.97 Å². The fourth-order valence-electron chi connectivity index (χ4n) is 1.88. The SMILES string of the molecule is CCOC(=O)c1c(NC(=O)c2ccnc(Cl)c2)sc(C)c1C. The number of hydrogen-bond acceptors (Lipinski definition) is 5. The summed E-state index contributed by atoms with van der Waals surface area (Å²) >= 11 is 7.12. The predicted octanol–water partition coefficient (Wildman–Crippen LogP) is 3.84. The van der Waals surface area contributed by atoms with Crippen LogP contribution in [0.25, 0.3) is 0 Å². The summed E-state index contributed by atoms with van der Waals surface area (Å²) in [6, 6.07) is 3.02. The van der Waals surface area contributed by atoms with Crippen molar-refractivity contribution in [1.29, 1.82) is 0 Å². The Morgan fingerprint density at radius 3 is 2.77 bits per heavy atom. The number of halogens is 1. The van der Waals surface area contributed by atoms with Crippen LogP contribution >= 0.6 is 22.9 Å². The van der Waals surface area contributed by atoms with Gasteiger partial charge < -0.3 is 10.1 Å². The molecule has 1 N–H and O–H groups in total. The lowest BCUT2D eigenvalue weighted by atomic mass is 10.1. The molecular weight excluding hydrogens is 324 g/mol. The van der Waals surface area contributed by atoms with Crippen LogP contribution in [0.5, 0.6) is 0 Å². The number of nitrogens with one attached hydrogen (secondary N) is 1. The van der Waals surface area contributed by atoms with Crippen molar-refractivity contribution in [3.63, 3.8) is 0 Å². The number of esters is 1.